The molecule has 92 valence electrons. The van der Waals surface area contributed by atoms with Gasteiger partial charge in [-0.1, -0.05) is 11.6 Å². The number of hydrogen-bond donors (Lipinski definition) is 1. The minimum atomic E-state index is -0.974. The van der Waals surface area contributed by atoms with Crippen LogP contribution < -0.4 is 5.32 Å². The van der Waals surface area contributed by atoms with Gasteiger partial charge in [0, 0.05) is 10.6 Å². The first-order chi connectivity index (χ1) is 7.86. The Labute approximate surface area is 110 Å². The van der Waals surface area contributed by atoms with Gasteiger partial charge in [-0.3, -0.25) is 9.59 Å². The standard InChI is InChI=1S/C12H13Cl2NO2/c1-12(2,10(16)7-13)15-11(17)8-3-5-9(14)6-4-8/h3-6H,7H2,1-2H3,(H,15,17). The zero-order chi connectivity index (χ0) is 13.1. The molecule has 0 spiro atoms. The Morgan fingerprint density at radius 1 is 1.24 bits per heavy atom. The highest BCUT2D eigenvalue weighted by Crippen LogP contribution is 2.12. The third kappa shape index (κ3) is 3.72. The van der Waals surface area contributed by atoms with E-state index in [-0.39, 0.29) is 17.6 Å². The fraction of sp³-hybridized carbons (Fsp3) is 0.333. The third-order valence-electron chi connectivity index (χ3n) is 2.35. The highest BCUT2D eigenvalue weighted by Gasteiger charge is 2.28. The second-order valence-corrected chi connectivity index (χ2v) is 4.85. The molecule has 0 fully saturated rings. The molecule has 1 aromatic rings. The van der Waals surface area contributed by atoms with Crippen LogP contribution in [0.4, 0.5) is 0 Å². The van der Waals surface area contributed by atoms with E-state index in [0.29, 0.717) is 10.6 Å². The number of carbonyl (C=O) groups is 2. The Hall–Kier alpha value is -1.06. The van der Waals surface area contributed by atoms with Crippen LogP contribution >= 0.6 is 23.2 Å². The average molecular weight is 274 g/mol. The summed E-state index contributed by atoms with van der Waals surface area (Å²) in [7, 11) is 0. The average Bonchev–Trinajstić information content (AvgIpc) is 2.28. The summed E-state index contributed by atoms with van der Waals surface area (Å²) in [6, 6.07) is 6.43. The molecule has 0 radical (unpaired) electrons. The lowest BCUT2D eigenvalue weighted by Crippen LogP contribution is -2.50. The second kappa shape index (κ2) is 5.52. The van der Waals surface area contributed by atoms with Gasteiger partial charge in [0.25, 0.3) is 5.91 Å². The molecule has 17 heavy (non-hydrogen) atoms. The maximum atomic E-state index is 11.8. The van der Waals surface area contributed by atoms with E-state index in [9.17, 15) is 9.59 Å². The molecule has 1 N–H and O–H groups in total. The van der Waals surface area contributed by atoms with Crippen LogP contribution in [0.25, 0.3) is 0 Å². The molecule has 0 aliphatic rings. The Morgan fingerprint density at radius 2 is 1.76 bits per heavy atom. The molecular formula is C12H13Cl2NO2. The molecule has 0 aliphatic heterocycles. The van der Waals surface area contributed by atoms with Crippen molar-refractivity contribution in [1.29, 1.82) is 0 Å². The van der Waals surface area contributed by atoms with E-state index < -0.39 is 5.54 Å². The van der Waals surface area contributed by atoms with Crippen molar-refractivity contribution in [3.63, 3.8) is 0 Å². The number of nitrogens with one attached hydrogen (secondary N) is 1. The van der Waals surface area contributed by atoms with E-state index in [4.69, 9.17) is 23.2 Å². The lowest BCUT2D eigenvalue weighted by atomic mass is 9.99. The Bertz CT molecular complexity index is 427. The topological polar surface area (TPSA) is 46.2 Å². The maximum Gasteiger partial charge on any atom is 0.252 e. The number of benzene rings is 1. The van der Waals surface area contributed by atoms with E-state index in [1.54, 1.807) is 38.1 Å². The summed E-state index contributed by atoms with van der Waals surface area (Å²) in [5.74, 6) is -0.694. The van der Waals surface area contributed by atoms with Crippen LogP contribution in [0, 0.1) is 0 Å². The summed E-state index contributed by atoms with van der Waals surface area (Å²) < 4.78 is 0. The number of rotatable bonds is 4. The van der Waals surface area contributed by atoms with Crippen LogP contribution in [0.1, 0.15) is 24.2 Å². The number of halogens is 2. The molecule has 1 amide bonds. The number of Topliss-reactive ketones (excluding diaryl/α,β-unsaturated/α-hetero) is 1. The van der Waals surface area contributed by atoms with Crippen molar-refractivity contribution in [2.45, 2.75) is 19.4 Å². The SMILES string of the molecule is CC(C)(NC(=O)c1ccc(Cl)cc1)C(=O)CCl. The summed E-state index contributed by atoms with van der Waals surface area (Å²) in [5, 5.41) is 3.18. The molecule has 0 unspecified atom stereocenters. The largest absolute Gasteiger partial charge is 0.340 e. The Morgan fingerprint density at radius 3 is 2.24 bits per heavy atom. The van der Waals surface area contributed by atoms with Gasteiger partial charge in [-0.25, -0.2) is 0 Å². The Kier molecular flexibility index (Phi) is 4.54. The van der Waals surface area contributed by atoms with Gasteiger partial charge < -0.3 is 5.32 Å². The molecule has 0 atom stereocenters. The summed E-state index contributed by atoms with van der Waals surface area (Å²) in [6.45, 7) is 3.23. The molecule has 1 rings (SSSR count). The molecule has 0 aliphatic carbocycles. The van der Waals surface area contributed by atoms with Crippen LogP contribution in [0.5, 0.6) is 0 Å². The number of hydrogen-bond acceptors (Lipinski definition) is 2. The second-order valence-electron chi connectivity index (χ2n) is 4.14. The minimum absolute atomic E-state index is 0.131. The van der Waals surface area contributed by atoms with Crippen LogP contribution in [0.2, 0.25) is 5.02 Å². The quantitative estimate of drug-likeness (QED) is 0.858. The van der Waals surface area contributed by atoms with E-state index >= 15 is 0 Å². The molecule has 3 nitrogen and oxygen atoms in total. The lowest BCUT2D eigenvalue weighted by molar-refractivity contribution is -0.121. The van der Waals surface area contributed by atoms with Crippen LogP contribution in [0.3, 0.4) is 0 Å². The summed E-state index contributed by atoms with van der Waals surface area (Å²) in [4.78, 5) is 23.3. The van der Waals surface area contributed by atoms with E-state index in [1.165, 1.54) is 0 Å². The highest BCUT2D eigenvalue weighted by molar-refractivity contribution is 6.30. The molecular weight excluding hydrogens is 261 g/mol. The first kappa shape index (κ1) is 14.0. The first-order valence-corrected chi connectivity index (χ1v) is 5.95. The van der Waals surface area contributed by atoms with Gasteiger partial charge in [0.1, 0.15) is 0 Å². The molecule has 0 saturated carbocycles. The van der Waals surface area contributed by atoms with Gasteiger partial charge in [-0.2, -0.15) is 0 Å². The van der Waals surface area contributed by atoms with Gasteiger partial charge in [-0.15, -0.1) is 11.6 Å². The minimum Gasteiger partial charge on any atom is -0.340 e. The van der Waals surface area contributed by atoms with Gasteiger partial charge in [0.05, 0.1) is 11.4 Å². The van der Waals surface area contributed by atoms with Crippen molar-refractivity contribution < 1.29 is 9.59 Å². The number of alkyl halides is 1. The molecule has 5 heteroatoms. The molecule has 0 bridgehead atoms. The fourth-order valence-corrected chi connectivity index (χ4v) is 1.65. The fourth-order valence-electron chi connectivity index (χ4n) is 1.19. The third-order valence-corrected chi connectivity index (χ3v) is 2.85. The lowest BCUT2D eigenvalue weighted by Gasteiger charge is -2.23. The molecule has 0 heterocycles. The van der Waals surface area contributed by atoms with E-state index in [1.807, 2.05) is 0 Å². The highest BCUT2D eigenvalue weighted by atomic mass is 35.5. The van der Waals surface area contributed by atoms with Crippen molar-refractivity contribution >= 4 is 34.9 Å². The summed E-state index contributed by atoms with van der Waals surface area (Å²) >= 11 is 11.2. The number of amides is 1. The smallest absolute Gasteiger partial charge is 0.252 e. The zero-order valence-corrected chi connectivity index (χ0v) is 11.1. The van der Waals surface area contributed by atoms with Crippen molar-refractivity contribution in [3.05, 3.63) is 34.9 Å². The van der Waals surface area contributed by atoms with Gasteiger partial charge in [-0.05, 0) is 38.1 Å². The molecule has 0 aromatic heterocycles. The predicted octanol–water partition coefficient (Wildman–Crippen LogP) is 2.66. The summed E-state index contributed by atoms with van der Waals surface area (Å²) in [5.41, 5.74) is -0.525. The van der Waals surface area contributed by atoms with Crippen LogP contribution in [-0.2, 0) is 4.79 Å². The normalized spacial score (nSPS) is 11.1. The van der Waals surface area contributed by atoms with Gasteiger partial charge in [0.15, 0.2) is 5.78 Å². The maximum absolute atomic E-state index is 11.8. The van der Waals surface area contributed by atoms with Crippen molar-refractivity contribution in [3.8, 4) is 0 Å². The first-order valence-electron chi connectivity index (χ1n) is 5.04. The predicted molar refractivity (Wildman–Crippen MR) is 68.7 cm³/mol. The zero-order valence-electron chi connectivity index (χ0n) is 9.59. The monoisotopic (exact) mass is 273 g/mol. The van der Waals surface area contributed by atoms with Gasteiger partial charge >= 0.3 is 0 Å². The molecule has 1 aromatic carbocycles. The van der Waals surface area contributed by atoms with Crippen molar-refractivity contribution in [2.24, 2.45) is 0 Å². The van der Waals surface area contributed by atoms with Crippen LogP contribution in [0.15, 0.2) is 24.3 Å². The van der Waals surface area contributed by atoms with Crippen molar-refractivity contribution in [2.75, 3.05) is 5.88 Å². The van der Waals surface area contributed by atoms with Gasteiger partial charge in [0.2, 0.25) is 0 Å². The molecule has 0 saturated heterocycles. The number of carbonyl (C=O) groups excluding carboxylic acids is 2. The van der Waals surface area contributed by atoms with E-state index in [2.05, 4.69) is 5.32 Å². The Balaban J connectivity index is 2.79. The van der Waals surface area contributed by atoms with Crippen LogP contribution in [-0.4, -0.2) is 23.1 Å². The number of ketones is 1. The summed E-state index contributed by atoms with van der Waals surface area (Å²) in [6.07, 6.45) is 0. The van der Waals surface area contributed by atoms with E-state index in [0.717, 1.165) is 0 Å². The van der Waals surface area contributed by atoms with Crippen molar-refractivity contribution in [1.82, 2.24) is 5.32 Å².